The molecule has 0 aliphatic heterocycles. The zero-order valence-corrected chi connectivity index (χ0v) is 8.88. The molecule has 0 saturated carbocycles. The van der Waals surface area contributed by atoms with Crippen LogP contribution in [0.1, 0.15) is 0 Å². The summed E-state index contributed by atoms with van der Waals surface area (Å²) in [6, 6.07) is 0. The highest BCUT2D eigenvalue weighted by molar-refractivity contribution is 7.08. The molecule has 1 aromatic rings. The van der Waals surface area contributed by atoms with Crippen LogP contribution in [-0.2, 0) is 0 Å². The lowest BCUT2D eigenvalue weighted by Gasteiger charge is -2.11. The fourth-order valence-electron chi connectivity index (χ4n) is 0.803. The van der Waals surface area contributed by atoms with Crippen molar-refractivity contribution in [2.24, 2.45) is 0 Å². The Kier molecular flexibility index (Phi) is 4.12. The Morgan fingerprint density at radius 3 is 1.47 bits per heavy atom. The molecule has 1 rings (SSSR count). The van der Waals surface area contributed by atoms with E-state index in [0.717, 1.165) is 22.1 Å². The van der Waals surface area contributed by atoms with Gasteiger partial charge in [0.25, 0.3) is 0 Å². The molecule has 1 aromatic heterocycles. The van der Waals surface area contributed by atoms with E-state index in [4.69, 9.17) is 0 Å². The average molecular weight is 280 g/mol. The molecule has 0 atom stereocenters. The summed E-state index contributed by atoms with van der Waals surface area (Å²) in [4.78, 5) is 0. The van der Waals surface area contributed by atoms with E-state index >= 15 is 0 Å². The van der Waals surface area contributed by atoms with Crippen LogP contribution < -0.4 is 9.47 Å². The van der Waals surface area contributed by atoms with Gasteiger partial charge >= 0.3 is 12.4 Å². The monoisotopic (exact) mass is 280 g/mol. The lowest BCUT2D eigenvalue weighted by Crippen LogP contribution is -2.21. The molecule has 0 spiro atoms. The van der Waals surface area contributed by atoms with Gasteiger partial charge in [-0.25, -0.2) is 0 Å². The summed E-state index contributed by atoms with van der Waals surface area (Å²) >= 11 is 0.883. The smallest absolute Gasteiger partial charge is 0.422 e. The van der Waals surface area contributed by atoms with Crippen LogP contribution in [0.5, 0.6) is 11.5 Å². The molecule has 0 N–H and O–H groups in total. The predicted octanol–water partition coefficient (Wildman–Crippen LogP) is 3.63. The van der Waals surface area contributed by atoms with Crippen molar-refractivity contribution < 1.29 is 35.8 Å². The SMILES string of the molecule is FC(F)(F)COc1cscc1OCC(F)(F)F. The molecular weight excluding hydrogens is 274 g/mol. The van der Waals surface area contributed by atoms with E-state index in [-0.39, 0.29) is 11.5 Å². The molecule has 0 bridgehead atoms. The second-order valence-electron chi connectivity index (χ2n) is 2.91. The maximum Gasteiger partial charge on any atom is 0.422 e. The first-order chi connectivity index (χ1) is 7.67. The topological polar surface area (TPSA) is 18.5 Å². The van der Waals surface area contributed by atoms with Crippen LogP contribution in [0.25, 0.3) is 0 Å². The number of hydrogen-bond acceptors (Lipinski definition) is 3. The van der Waals surface area contributed by atoms with Crippen LogP contribution in [0.15, 0.2) is 10.8 Å². The second-order valence-corrected chi connectivity index (χ2v) is 3.65. The third-order valence-electron chi connectivity index (χ3n) is 1.38. The summed E-state index contributed by atoms with van der Waals surface area (Å²) in [5.74, 6) is -0.701. The van der Waals surface area contributed by atoms with Gasteiger partial charge in [0.05, 0.1) is 0 Å². The molecule has 1 heterocycles. The van der Waals surface area contributed by atoms with Gasteiger partial charge in [-0.1, -0.05) is 0 Å². The Balaban J connectivity index is 2.54. The van der Waals surface area contributed by atoms with Gasteiger partial charge in [0, 0.05) is 10.8 Å². The number of thiophene rings is 1. The van der Waals surface area contributed by atoms with Crippen molar-refractivity contribution in [2.75, 3.05) is 13.2 Å². The lowest BCUT2D eigenvalue weighted by atomic mass is 10.5. The lowest BCUT2D eigenvalue weighted by molar-refractivity contribution is -0.158. The van der Waals surface area contributed by atoms with E-state index in [1.54, 1.807) is 0 Å². The van der Waals surface area contributed by atoms with Gasteiger partial charge in [0.15, 0.2) is 24.7 Å². The molecule has 0 saturated heterocycles. The van der Waals surface area contributed by atoms with Gasteiger partial charge in [0.1, 0.15) is 0 Å². The first-order valence-electron chi connectivity index (χ1n) is 4.13. The molecule has 0 aromatic carbocycles. The van der Waals surface area contributed by atoms with Crippen molar-refractivity contribution in [2.45, 2.75) is 12.4 Å². The fourth-order valence-corrected chi connectivity index (χ4v) is 1.49. The van der Waals surface area contributed by atoms with Crippen LogP contribution in [0.4, 0.5) is 26.3 Å². The maximum atomic E-state index is 11.8. The average Bonchev–Trinajstić information content (AvgIpc) is 2.56. The molecule has 0 fully saturated rings. The number of alkyl halides is 6. The quantitative estimate of drug-likeness (QED) is 0.784. The molecule has 0 aliphatic rings. The van der Waals surface area contributed by atoms with E-state index in [1.807, 2.05) is 0 Å². The van der Waals surface area contributed by atoms with Crippen LogP contribution in [0, 0.1) is 0 Å². The number of ether oxygens (including phenoxy) is 2. The Labute approximate surface area is 95.8 Å². The Bertz CT molecular complexity index is 323. The van der Waals surface area contributed by atoms with Crippen LogP contribution in [0.3, 0.4) is 0 Å². The molecule has 17 heavy (non-hydrogen) atoms. The minimum Gasteiger partial charge on any atom is -0.479 e. The standard InChI is InChI=1S/C8H6F6O2S/c9-7(10,11)3-15-5-1-17-2-6(5)16-4-8(12,13)14/h1-2H,3-4H2. The number of halogens is 6. The molecule has 0 aliphatic carbocycles. The maximum absolute atomic E-state index is 11.8. The first kappa shape index (κ1) is 13.9. The van der Waals surface area contributed by atoms with Crippen molar-refractivity contribution in [3.05, 3.63) is 10.8 Å². The highest BCUT2D eigenvalue weighted by Crippen LogP contribution is 2.33. The van der Waals surface area contributed by atoms with Gasteiger partial charge in [-0.15, -0.1) is 11.3 Å². The molecular formula is C8H6F6O2S. The van der Waals surface area contributed by atoms with E-state index in [0.29, 0.717) is 0 Å². The van der Waals surface area contributed by atoms with Crippen LogP contribution in [0.2, 0.25) is 0 Å². The van der Waals surface area contributed by atoms with Gasteiger partial charge in [-0.3, -0.25) is 0 Å². The largest absolute Gasteiger partial charge is 0.479 e. The van der Waals surface area contributed by atoms with Crippen molar-refractivity contribution in [1.82, 2.24) is 0 Å². The van der Waals surface area contributed by atoms with E-state index in [2.05, 4.69) is 9.47 Å². The predicted molar refractivity (Wildman–Crippen MR) is 47.4 cm³/mol. The van der Waals surface area contributed by atoms with Gasteiger partial charge in [-0.05, 0) is 0 Å². The van der Waals surface area contributed by atoms with Crippen molar-refractivity contribution >= 4 is 11.3 Å². The van der Waals surface area contributed by atoms with Crippen LogP contribution in [-0.4, -0.2) is 25.6 Å². The Morgan fingerprint density at radius 2 is 1.18 bits per heavy atom. The van der Waals surface area contributed by atoms with Crippen molar-refractivity contribution in [3.63, 3.8) is 0 Å². The van der Waals surface area contributed by atoms with Gasteiger partial charge in [0.2, 0.25) is 0 Å². The van der Waals surface area contributed by atoms with E-state index < -0.39 is 25.6 Å². The van der Waals surface area contributed by atoms with Gasteiger partial charge in [-0.2, -0.15) is 26.3 Å². The summed E-state index contributed by atoms with van der Waals surface area (Å²) in [6.45, 7) is -3.15. The van der Waals surface area contributed by atoms with Crippen molar-refractivity contribution in [3.8, 4) is 11.5 Å². The molecule has 0 radical (unpaired) electrons. The second kappa shape index (κ2) is 5.03. The van der Waals surface area contributed by atoms with Gasteiger partial charge < -0.3 is 9.47 Å². The van der Waals surface area contributed by atoms with E-state index in [9.17, 15) is 26.3 Å². The summed E-state index contributed by atoms with van der Waals surface area (Å²) in [5, 5.41) is 2.27. The normalized spacial score (nSPS) is 12.6. The molecule has 98 valence electrons. The van der Waals surface area contributed by atoms with Crippen molar-refractivity contribution in [1.29, 1.82) is 0 Å². The molecule has 0 amide bonds. The third-order valence-corrected chi connectivity index (χ3v) is 2.08. The first-order valence-corrected chi connectivity index (χ1v) is 5.07. The summed E-state index contributed by atoms with van der Waals surface area (Å²) in [5.41, 5.74) is 0. The summed E-state index contributed by atoms with van der Waals surface area (Å²) in [7, 11) is 0. The third kappa shape index (κ3) is 5.66. The zero-order valence-electron chi connectivity index (χ0n) is 8.06. The Morgan fingerprint density at radius 1 is 0.824 bits per heavy atom. The zero-order chi connectivity index (χ0) is 13.1. The molecule has 2 nitrogen and oxygen atoms in total. The fraction of sp³-hybridized carbons (Fsp3) is 0.500. The highest BCUT2D eigenvalue weighted by Gasteiger charge is 2.31. The van der Waals surface area contributed by atoms with Crippen LogP contribution >= 0.6 is 11.3 Å². The van der Waals surface area contributed by atoms with E-state index in [1.165, 1.54) is 0 Å². The molecule has 0 unspecified atom stereocenters. The number of rotatable bonds is 4. The summed E-state index contributed by atoms with van der Waals surface area (Å²) < 4.78 is 79.5. The Hall–Kier alpha value is -1.12. The highest BCUT2D eigenvalue weighted by atomic mass is 32.1. The summed E-state index contributed by atoms with van der Waals surface area (Å²) in [6.07, 6.45) is -9.10. The molecule has 9 heteroatoms. The number of hydrogen-bond donors (Lipinski definition) is 0. The minimum atomic E-state index is -4.55. The minimum absolute atomic E-state index is 0.350.